The molecule has 2 heteroatoms. The van der Waals surface area contributed by atoms with E-state index < -0.39 is 0 Å². The number of hydrogen-bond acceptors (Lipinski definition) is 2. The molecule has 0 aliphatic carbocycles. The summed E-state index contributed by atoms with van der Waals surface area (Å²) in [6.45, 7) is 13.5. The smallest absolute Gasteiger partial charge is 0.0716 e. The topological polar surface area (TPSA) is 21.3 Å². The Kier molecular flexibility index (Phi) is 6.53. The van der Waals surface area contributed by atoms with E-state index in [1.807, 2.05) is 0 Å². The fraction of sp³-hybridized carbons (Fsp3) is 0.647. The van der Waals surface area contributed by atoms with E-state index in [0.29, 0.717) is 18.1 Å². The van der Waals surface area contributed by atoms with E-state index in [1.165, 1.54) is 11.1 Å². The third-order valence-electron chi connectivity index (χ3n) is 3.00. The molecule has 0 saturated heterocycles. The van der Waals surface area contributed by atoms with Gasteiger partial charge < -0.3 is 10.1 Å². The number of benzene rings is 1. The number of rotatable bonds is 7. The highest BCUT2D eigenvalue weighted by Crippen LogP contribution is 2.18. The molecule has 0 unspecified atom stereocenters. The van der Waals surface area contributed by atoms with E-state index in [4.69, 9.17) is 4.74 Å². The normalized spacial score (nSPS) is 12.1. The van der Waals surface area contributed by atoms with E-state index in [9.17, 15) is 0 Å². The van der Waals surface area contributed by atoms with Crippen molar-refractivity contribution in [2.24, 2.45) is 5.41 Å². The van der Waals surface area contributed by atoms with Gasteiger partial charge in [0.2, 0.25) is 0 Å². The van der Waals surface area contributed by atoms with Crippen LogP contribution in [0.4, 0.5) is 0 Å². The minimum Gasteiger partial charge on any atom is -0.377 e. The van der Waals surface area contributed by atoms with Crippen molar-refractivity contribution in [2.75, 3.05) is 6.61 Å². The predicted octanol–water partition coefficient (Wildman–Crippen LogP) is 4.14. The second kappa shape index (κ2) is 7.66. The van der Waals surface area contributed by atoms with Crippen LogP contribution in [-0.2, 0) is 17.9 Å². The lowest BCUT2D eigenvalue weighted by atomic mass is 9.93. The van der Waals surface area contributed by atoms with E-state index >= 15 is 0 Å². The number of ether oxygens (including phenoxy) is 1. The fourth-order valence-corrected chi connectivity index (χ4v) is 1.64. The predicted molar refractivity (Wildman–Crippen MR) is 82.1 cm³/mol. The van der Waals surface area contributed by atoms with E-state index in [2.05, 4.69) is 64.2 Å². The van der Waals surface area contributed by atoms with E-state index in [1.54, 1.807) is 0 Å². The maximum absolute atomic E-state index is 5.72. The van der Waals surface area contributed by atoms with Crippen molar-refractivity contribution in [1.82, 2.24) is 5.32 Å². The summed E-state index contributed by atoms with van der Waals surface area (Å²) in [4.78, 5) is 0. The maximum atomic E-state index is 5.72. The number of nitrogens with one attached hydrogen (secondary N) is 1. The molecule has 0 aliphatic heterocycles. The van der Waals surface area contributed by atoms with Gasteiger partial charge in [0.25, 0.3) is 0 Å². The Labute approximate surface area is 118 Å². The third kappa shape index (κ3) is 8.02. The van der Waals surface area contributed by atoms with Crippen LogP contribution >= 0.6 is 0 Å². The van der Waals surface area contributed by atoms with Crippen LogP contribution in [0.5, 0.6) is 0 Å². The molecule has 1 aromatic carbocycles. The Morgan fingerprint density at radius 1 is 1.05 bits per heavy atom. The Morgan fingerprint density at radius 2 is 1.63 bits per heavy atom. The second-order valence-electron chi connectivity index (χ2n) is 6.72. The zero-order valence-electron chi connectivity index (χ0n) is 13.1. The molecule has 0 fully saturated rings. The van der Waals surface area contributed by atoms with Crippen LogP contribution in [0.2, 0.25) is 0 Å². The molecule has 19 heavy (non-hydrogen) atoms. The number of hydrogen-bond donors (Lipinski definition) is 1. The molecule has 0 aliphatic rings. The van der Waals surface area contributed by atoms with E-state index in [-0.39, 0.29) is 0 Å². The SMILES string of the molecule is CC(C)NCc1ccc(COCCC(C)(C)C)cc1. The first-order valence-electron chi connectivity index (χ1n) is 7.26. The minimum atomic E-state index is 0.354. The average Bonchev–Trinajstić information content (AvgIpc) is 2.32. The lowest BCUT2D eigenvalue weighted by Crippen LogP contribution is -2.21. The van der Waals surface area contributed by atoms with Gasteiger partial charge in [0, 0.05) is 19.2 Å². The average molecular weight is 263 g/mol. The lowest BCUT2D eigenvalue weighted by molar-refractivity contribution is 0.0962. The maximum Gasteiger partial charge on any atom is 0.0716 e. The van der Waals surface area contributed by atoms with Gasteiger partial charge in [0.05, 0.1) is 6.61 Å². The summed E-state index contributed by atoms with van der Waals surface area (Å²) in [5.74, 6) is 0. The van der Waals surface area contributed by atoms with Gasteiger partial charge in [0.1, 0.15) is 0 Å². The zero-order chi connectivity index (χ0) is 14.3. The van der Waals surface area contributed by atoms with Crippen LogP contribution in [0, 0.1) is 5.41 Å². The molecule has 0 bridgehead atoms. The van der Waals surface area contributed by atoms with Crippen molar-refractivity contribution < 1.29 is 4.74 Å². The highest BCUT2D eigenvalue weighted by atomic mass is 16.5. The van der Waals surface area contributed by atoms with Gasteiger partial charge in [0.15, 0.2) is 0 Å². The van der Waals surface area contributed by atoms with Crippen molar-refractivity contribution in [3.63, 3.8) is 0 Å². The van der Waals surface area contributed by atoms with Gasteiger partial charge in [-0.1, -0.05) is 58.9 Å². The molecular weight excluding hydrogens is 234 g/mol. The summed E-state index contributed by atoms with van der Waals surface area (Å²) < 4.78 is 5.72. The molecule has 0 radical (unpaired) electrons. The molecular formula is C17H29NO. The minimum absolute atomic E-state index is 0.354. The van der Waals surface area contributed by atoms with Gasteiger partial charge in [-0.2, -0.15) is 0 Å². The largest absolute Gasteiger partial charge is 0.377 e. The van der Waals surface area contributed by atoms with Gasteiger partial charge >= 0.3 is 0 Å². The van der Waals surface area contributed by atoms with Gasteiger partial charge in [-0.15, -0.1) is 0 Å². The van der Waals surface area contributed by atoms with Crippen LogP contribution in [0.15, 0.2) is 24.3 Å². The Morgan fingerprint density at radius 3 is 2.16 bits per heavy atom. The van der Waals surface area contributed by atoms with Crippen LogP contribution in [0.1, 0.15) is 52.2 Å². The molecule has 1 aromatic rings. The van der Waals surface area contributed by atoms with Crippen LogP contribution < -0.4 is 5.32 Å². The van der Waals surface area contributed by atoms with Crippen LogP contribution in [0.25, 0.3) is 0 Å². The first kappa shape index (κ1) is 16.2. The van der Waals surface area contributed by atoms with Crippen molar-refractivity contribution in [3.05, 3.63) is 35.4 Å². The summed E-state index contributed by atoms with van der Waals surface area (Å²) >= 11 is 0. The van der Waals surface area contributed by atoms with Gasteiger partial charge in [-0.05, 0) is 23.0 Å². The van der Waals surface area contributed by atoms with Crippen molar-refractivity contribution in [1.29, 1.82) is 0 Å². The first-order valence-corrected chi connectivity index (χ1v) is 7.26. The highest BCUT2D eigenvalue weighted by molar-refractivity contribution is 5.21. The van der Waals surface area contributed by atoms with Crippen molar-refractivity contribution >= 4 is 0 Å². The van der Waals surface area contributed by atoms with Crippen molar-refractivity contribution in [2.45, 2.75) is 60.2 Å². The summed E-state index contributed by atoms with van der Waals surface area (Å²) in [6, 6.07) is 9.21. The molecule has 2 nitrogen and oxygen atoms in total. The molecule has 1 rings (SSSR count). The lowest BCUT2D eigenvalue weighted by Gasteiger charge is -2.17. The summed E-state index contributed by atoms with van der Waals surface area (Å²) in [5.41, 5.74) is 2.93. The molecule has 108 valence electrons. The molecule has 0 saturated carbocycles. The molecule has 0 spiro atoms. The zero-order valence-corrected chi connectivity index (χ0v) is 13.1. The molecule has 0 heterocycles. The fourth-order valence-electron chi connectivity index (χ4n) is 1.64. The first-order chi connectivity index (χ1) is 8.87. The van der Waals surface area contributed by atoms with Gasteiger partial charge in [-0.3, -0.25) is 0 Å². The Bertz CT molecular complexity index is 349. The molecule has 1 N–H and O–H groups in total. The molecule has 0 atom stereocenters. The standard InChI is InChI=1S/C17H29NO/c1-14(2)18-12-15-6-8-16(9-7-15)13-19-11-10-17(3,4)5/h6-9,14,18H,10-13H2,1-5H3. The van der Waals surface area contributed by atoms with Gasteiger partial charge in [-0.25, -0.2) is 0 Å². The van der Waals surface area contributed by atoms with Crippen LogP contribution in [-0.4, -0.2) is 12.6 Å². The highest BCUT2D eigenvalue weighted by Gasteiger charge is 2.09. The Balaban J connectivity index is 2.28. The monoisotopic (exact) mass is 263 g/mol. The Hall–Kier alpha value is -0.860. The second-order valence-corrected chi connectivity index (χ2v) is 6.72. The van der Waals surface area contributed by atoms with E-state index in [0.717, 1.165) is 19.6 Å². The molecule has 0 aromatic heterocycles. The van der Waals surface area contributed by atoms with Crippen LogP contribution in [0.3, 0.4) is 0 Å². The summed E-state index contributed by atoms with van der Waals surface area (Å²) in [7, 11) is 0. The summed E-state index contributed by atoms with van der Waals surface area (Å²) in [5, 5.41) is 3.42. The molecule has 0 amide bonds. The third-order valence-corrected chi connectivity index (χ3v) is 3.00. The van der Waals surface area contributed by atoms with Crippen molar-refractivity contribution in [3.8, 4) is 0 Å². The summed E-state index contributed by atoms with van der Waals surface area (Å²) in [6.07, 6.45) is 1.10. The quantitative estimate of drug-likeness (QED) is 0.747.